The minimum atomic E-state index is -1.10. The van der Waals surface area contributed by atoms with E-state index in [1.807, 2.05) is 0 Å². The van der Waals surface area contributed by atoms with E-state index >= 15 is 0 Å². The molecule has 22 heavy (non-hydrogen) atoms. The summed E-state index contributed by atoms with van der Waals surface area (Å²) in [6, 6.07) is 5.83. The van der Waals surface area contributed by atoms with E-state index in [0.717, 1.165) is 4.47 Å². The minimum Gasteiger partial charge on any atom is -0.479 e. The van der Waals surface area contributed by atoms with Gasteiger partial charge >= 0.3 is 5.97 Å². The predicted octanol–water partition coefficient (Wildman–Crippen LogP) is 0.724. The van der Waals surface area contributed by atoms with Gasteiger partial charge in [0.1, 0.15) is 12.1 Å². The number of rotatable bonds is 5. The third kappa shape index (κ3) is 3.83. The molecule has 2 amide bonds. The number of halogens is 1. The van der Waals surface area contributed by atoms with E-state index in [1.54, 1.807) is 24.3 Å². The van der Waals surface area contributed by atoms with Gasteiger partial charge in [-0.15, -0.1) is 0 Å². The second-order valence-electron chi connectivity index (χ2n) is 4.93. The van der Waals surface area contributed by atoms with Crippen LogP contribution in [0.5, 0.6) is 0 Å². The lowest BCUT2D eigenvalue weighted by molar-refractivity contribution is -0.152. The molecule has 1 aliphatic heterocycles. The molecule has 4 N–H and O–H groups in total. The summed E-state index contributed by atoms with van der Waals surface area (Å²) >= 11 is 3.28. The van der Waals surface area contributed by atoms with Gasteiger partial charge < -0.3 is 20.9 Å². The van der Waals surface area contributed by atoms with Crippen LogP contribution in [0.1, 0.15) is 24.4 Å². The number of carbonyl (C=O) groups excluding carboxylic acids is 2. The molecule has 1 saturated heterocycles. The zero-order valence-electron chi connectivity index (χ0n) is 11.5. The Labute approximate surface area is 134 Å². The summed E-state index contributed by atoms with van der Waals surface area (Å²) in [7, 11) is 0. The monoisotopic (exact) mass is 370 g/mol. The molecule has 8 heteroatoms. The second-order valence-corrected chi connectivity index (χ2v) is 5.84. The van der Waals surface area contributed by atoms with E-state index in [2.05, 4.69) is 21.2 Å². The molecular weight excluding hydrogens is 356 g/mol. The standard InChI is InChI=1S/C14H15BrN2O5/c15-8-3-1-2-7(6-8)11(12(16)18)17-13(19)9-4-5-10(22-9)14(20)21/h1-3,6,9-11H,4-5H2,(H2,16,18)(H,17,19)(H,20,21)/t9-,10+,11?/m0/s1. The van der Waals surface area contributed by atoms with Crippen LogP contribution in [-0.2, 0) is 19.1 Å². The molecule has 1 unspecified atom stereocenters. The highest BCUT2D eigenvalue weighted by Crippen LogP contribution is 2.22. The first-order chi connectivity index (χ1) is 10.4. The van der Waals surface area contributed by atoms with Crippen molar-refractivity contribution in [2.45, 2.75) is 31.1 Å². The number of benzene rings is 1. The Bertz CT molecular complexity index is 607. The number of hydrogen-bond acceptors (Lipinski definition) is 4. The molecule has 1 fully saturated rings. The van der Waals surface area contributed by atoms with Crippen LogP contribution in [0.3, 0.4) is 0 Å². The quantitative estimate of drug-likeness (QED) is 0.705. The van der Waals surface area contributed by atoms with Gasteiger partial charge in [-0.25, -0.2) is 4.79 Å². The fourth-order valence-electron chi connectivity index (χ4n) is 2.25. The van der Waals surface area contributed by atoms with Gasteiger partial charge in [0.25, 0.3) is 0 Å². The lowest BCUT2D eigenvalue weighted by atomic mass is 10.1. The van der Waals surface area contributed by atoms with Gasteiger partial charge in [0, 0.05) is 4.47 Å². The van der Waals surface area contributed by atoms with Crippen LogP contribution in [0.4, 0.5) is 0 Å². The first-order valence-corrected chi connectivity index (χ1v) is 7.41. The van der Waals surface area contributed by atoms with Gasteiger partial charge in [0.05, 0.1) is 0 Å². The maximum Gasteiger partial charge on any atom is 0.332 e. The fourth-order valence-corrected chi connectivity index (χ4v) is 2.67. The molecule has 1 aliphatic rings. The highest BCUT2D eigenvalue weighted by molar-refractivity contribution is 9.10. The summed E-state index contributed by atoms with van der Waals surface area (Å²) in [6.07, 6.45) is -1.35. The highest BCUT2D eigenvalue weighted by Gasteiger charge is 2.36. The first kappa shape index (κ1) is 16.4. The normalized spacial score (nSPS) is 22.0. The second kappa shape index (κ2) is 6.89. The lowest BCUT2D eigenvalue weighted by Crippen LogP contribution is -2.42. The van der Waals surface area contributed by atoms with Crippen LogP contribution in [0.25, 0.3) is 0 Å². The van der Waals surface area contributed by atoms with Crippen molar-refractivity contribution in [1.29, 1.82) is 0 Å². The van der Waals surface area contributed by atoms with Crippen molar-refractivity contribution in [3.8, 4) is 0 Å². The van der Waals surface area contributed by atoms with Gasteiger partial charge in [0.2, 0.25) is 11.8 Å². The SMILES string of the molecule is NC(=O)C(NC(=O)[C@@H]1CC[C@H](C(=O)O)O1)c1cccc(Br)c1. The van der Waals surface area contributed by atoms with Crippen molar-refractivity contribution in [3.05, 3.63) is 34.3 Å². The summed E-state index contributed by atoms with van der Waals surface area (Å²) in [5.41, 5.74) is 5.87. The molecule has 1 aromatic carbocycles. The van der Waals surface area contributed by atoms with Crippen LogP contribution in [-0.4, -0.2) is 35.1 Å². The largest absolute Gasteiger partial charge is 0.479 e. The zero-order chi connectivity index (χ0) is 16.3. The predicted molar refractivity (Wildman–Crippen MR) is 79.8 cm³/mol. The summed E-state index contributed by atoms with van der Waals surface area (Å²) < 4.78 is 5.90. The number of carboxylic acid groups (broad SMARTS) is 1. The Morgan fingerprint density at radius 3 is 2.55 bits per heavy atom. The van der Waals surface area contributed by atoms with Crippen molar-refractivity contribution in [2.75, 3.05) is 0 Å². The van der Waals surface area contributed by atoms with Crippen LogP contribution in [0, 0.1) is 0 Å². The average Bonchev–Trinajstić information content (AvgIpc) is 2.94. The van der Waals surface area contributed by atoms with Crippen molar-refractivity contribution in [1.82, 2.24) is 5.32 Å². The van der Waals surface area contributed by atoms with Crippen molar-refractivity contribution >= 4 is 33.7 Å². The molecule has 0 saturated carbocycles. The Hall–Kier alpha value is -1.93. The zero-order valence-corrected chi connectivity index (χ0v) is 13.1. The summed E-state index contributed by atoms with van der Waals surface area (Å²) in [5.74, 6) is -2.36. The van der Waals surface area contributed by atoms with Crippen LogP contribution in [0.15, 0.2) is 28.7 Å². The molecule has 1 heterocycles. The average molecular weight is 371 g/mol. The number of carboxylic acids is 1. The van der Waals surface area contributed by atoms with E-state index in [-0.39, 0.29) is 12.8 Å². The molecule has 1 aromatic rings. The minimum absolute atomic E-state index is 0.255. The van der Waals surface area contributed by atoms with E-state index in [1.165, 1.54) is 0 Å². The van der Waals surface area contributed by atoms with E-state index in [4.69, 9.17) is 15.6 Å². The number of ether oxygens (including phenoxy) is 1. The molecule has 0 radical (unpaired) electrons. The molecule has 0 aliphatic carbocycles. The molecule has 7 nitrogen and oxygen atoms in total. The van der Waals surface area contributed by atoms with Crippen molar-refractivity contribution in [2.24, 2.45) is 5.73 Å². The van der Waals surface area contributed by atoms with E-state index in [9.17, 15) is 14.4 Å². The molecule has 0 aromatic heterocycles. The Balaban J connectivity index is 2.07. The van der Waals surface area contributed by atoms with E-state index < -0.39 is 36.0 Å². The highest BCUT2D eigenvalue weighted by atomic mass is 79.9. The van der Waals surface area contributed by atoms with Crippen molar-refractivity contribution in [3.63, 3.8) is 0 Å². The topological polar surface area (TPSA) is 119 Å². The Morgan fingerprint density at radius 2 is 2.00 bits per heavy atom. The maximum absolute atomic E-state index is 12.1. The maximum atomic E-state index is 12.1. The lowest BCUT2D eigenvalue weighted by Gasteiger charge is -2.19. The molecule has 118 valence electrons. The first-order valence-electron chi connectivity index (χ1n) is 6.62. The third-order valence-electron chi connectivity index (χ3n) is 3.34. The number of amides is 2. The molecule has 0 bridgehead atoms. The van der Waals surface area contributed by atoms with E-state index in [0.29, 0.717) is 5.56 Å². The number of nitrogens with two attached hydrogens (primary N) is 1. The van der Waals surface area contributed by atoms with Gasteiger partial charge in [-0.2, -0.15) is 0 Å². The summed E-state index contributed by atoms with van der Waals surface area (Å²) in [5, 5.41) is 11.4. The molecular formula is C14H15BrN2O5. The number of carbonyl (C=O) groups is 3. The summed E-state index contributed by atoms with van der Waals surface area (Å²) in [4.78, 5) is 34.6. The fraction of sp³-hybridized carbons (Fsp3) is 0.357. The van der Waals surface area contributed by atoms with Crippen LogP contribution in [0.2, 0.25) is 0 Å². The molecule has 2 rings (SSSR count). The third-order valence-corrected chi connectivity index (χ3v) is 3.83. The smallest absolute Gasteiger partial charge is 0.332 e. The van der Waals surface area contributed by atoms with Gasteiger partial charge in [-0.05, 0) is 30.5 Å². The number of nitrogens with one attached hydrogen (secondary N) is 1. The van der Waals surface area contributed by atoms with Gasteiger partial charge in [-0.1, -0.05) is 28.1 Å². The van der Waals surface area contributed by atoms with Crippen LogP contribution >= 0.6 is 15.9 Å². The van der Waals surface area contributed by atoms with Crippen molar-refractivity contribution < 1.29 is 24.2 Å². The van der Waals surface area contributed by atoms with Crippen LogP contribution < -0.4 is 11.1 Å². The Morgan fingerprint density at radius 1 is 1.32 bits per heavy atom. The summed E-state index contributed by atoms with van der Waals surface area (Å²) in [6.45, 7) is 0. The molecule has 3 atom stereocenters. The molecule has 0 spiro atoms. The van der Waals surface area contributed by atoms with Gasteiger partial charge in [-0.3, -0.25) is 9.59 Å². The number of primary amides is 1. The Kier molecular flexibility index (Phi) is 5.15. The van der Waals surface area contributed by atoms with Gasteiger partial charge in [0.15, 0.2) is 6.10 Å². The number of hydrogen-bond donors (Lipinski definition) is 3. The number of aliphatic carboxylic acids is 1.